The van der Waals surface area contributed by atoms with Crippen molar-refractivity contribution in [2.24, 2.45) is 0 Å². The number of Topliss-reactive ketones (excluding diaryl/α,β-unsaturated/α-hetero) is 1. The van der Waals surface area contributed by atoms with Crippen molar-refractivity contribution in [2.75, 3.05) is 14.1 Å². The van der Waals surface area contributed by atoms with Gasteiger partial charge in [0, 0.05) is 13.3 Å². The molecule has 2 aliphatic heterocycles. The number of fused-ring (bicyclic) bond motifs is 2. The average Bonchev–Trinajstić information content (AvgIpc) is 3.54. The van der Waals surface area contributed by atoms with E-state index in [0.29, 0.717) is 6.54 Å². The third-order valence-electron chi connectivity index (χ3n) is 8.74. The minimum Gasteiger partial charge on any atom is -0.481 e. The molecule has 2 aromatic rings. The van der Waals surface area contributed by atoms with E-state index in [1.54, 1.807) is 32.0 Å². The molecular weight excluding hydrogens is 638 g/mol. The maximum Gasteiger partial charge on any atom is 0.300 e. The molecule has 9 atom stereocenters. The summed E-state index contributed by atoms with van der Waals surface area (Å²) in [6.45, 7) is 10.9. The smallest absolute Gasteiger partial charge is 0.300 e. The normalized spacial score (nSPS) is 30.9. The molecule has 0 amide bonds. The number of carboxylic acids is 1. The zero-order chi connectivity index (χ0) is 36.9. The Kier molecular flexibility index (Phi) is 12.8. The first-order valence-electron chi connectivity index (χ1n) is 15.8. The van der Waals surface area contributed by atoms with Crippen LogP contribution in [0.5, 0.6) is 0 Å². The zero-order valence-electron chi connectivity index (χ0n) is 29.0. The van der Waals surface area contributed by atoms with Crippen molar-refractivity contribution in [1.82, 2.24) is 25.4 Å². The van der Waals surface area contributed by atoms with Crippen molar-refractivity contribution >= 4 is 11.8 Å². The number of hydrogen-bond acceptors (Lipinski definition) is 14. The summed E-state index contributed by atoms with van der Waals surface area (Å²) in [6.07, 6.45) is -2.44. The molecule has 1 aromatic heterocycles. The van der Waals surface area contributed by atoms with E-state index in [9.17, 15) is 30.6 Å². The van der Waals surface area contributed by atoms with Crippen LogP contribution in [-0.4, -0.2) is 116 Å². The lowest BCUT2D eigenvalue weighted by molar-refractivity contribution is -0.420. The van der Waals surface area contributed by atoms with E-state index in [4.69, 9.17) is 24.1 Å². The fraction of sp³-hybridized carbons (Fsp3) is 0.636. The molecule has 0 unspecified atom stereocenters. The van der Waals surface area contributed by atoms with E-state index in [-0.39, 0.29) is 6.42 Å². The van der Waals surface area contributed by atoms with Gasteiger partial charge in [-0.2, -0.15) is 15.6 Å². The van der Waals surface area contributed by atoms with E-state index in [1.165, 1.54) is 6.33 Å². The molecule has 1 aliphatic carbocycles. The molecule has 16 heteroatoms. The summed E-state index contributed by atoms with van der Waals surface area (Å²) >= 11 is 0. The third kappa shape index (κ3) is 8.85. The Morgan fingerprint density at radius 2 is 1.57 bits per heavy atom. The number of ether oxygens (including phenoxy) is 3. The summed E-state index contributed by atoms with van der Waals surface area (Å²) in [5.41, 5.74) is 1.60. The molecule has 5 rings (SSSR count). The Hall–Kier alpha value is -3.84. The first kappa shape index (κ1) is 39.6. The molecule has 6 N–H and O–H groups in total. The van der Waals surface area contributed by atoms with Gasteiger partial charge in [0.25, 0.3) is 11.8 Å². The van der Waals surface area contributed by atoms with Crippen molar-refractivity contribution in [3.63, 3.8) is 0 Å². The Labute approximate surface area is 285 Å². The molecular formula is C33H47N7O9. The number of hydrogen-bond donors (Lipinski definition) is 6. The lowest BCUT2D eigenvalue weighted by Gasteiger charge is -2.55. The van der Waals surface area contributed by atoms with Crippen LogP contribution in [0, 0.1) is 22.7 Å². The second kappa shape index (κ2) is 15.8. The van der Waals surface area contributed by atoms with Crippen molar-refractivity contribution in [3.8, 4) is 12.1 Å². The number of aliphatic hydroxyl groups is 3. The number of carbonyl (C=O) groups is 2. The molecule has 268 valence electrons. The molecule has 3 heterocycles. The molecule has 1 saturated carbocycles. The Bertz CT molecular complexity index is 1490. The number of carboxylic acid groups (broad SMARTS) is 1. The fourth-order valence-electron chi connectivity index (χ4n) is 5.82. The van der Waals surface area contributed by atoms with Gasteiger partial charge in [-0.15, -0.1) is 0 Å². The van der Waals surface area contributed by atoms with E-state index in [2.05, 4.69) is 32.9 Å². The maximum atomic E-state index is 12.2. The van der Waals surface area contributed by atoms with E-state index in [0.717, 1.165) is 23.6 Å². The number of nitriles is 2. The van der Waals surface area contributed by atoms with E-state index in [1.807, 2.05) is 45.9 Å². The quantitative estimate of drug-likeness (QED) is 0.236. The SMILES string of the molecule is CC(=O)O.CC(C)(C#N)c1cc(Cn2cncn2)cc(C(C)(C)C#N)c1.CN[C@@H]1[C@H](O)[C@H](NC)[C@H]2O[C@@]3(O)C(=O)C[C@@H](C)O[C@H]3O[C@@H]2[C@H]1O. The topological polar surface area (TPSA) is 245 Å². The van der Waals surface area contributed by atoms with Gasteiger partial charge in [0.1, 0.15) is 31.0 Å². The van der Waals surface area contributed by atoms with Crippen LogP contribution in [-0.2, 0) is 41.2 Å². The molecule has 3 aliphatic rings. The second-order valence-corrected chi connectivity index (χ2v) is 13.4. The number of aliphatic hydroxyl groups excluding tert-OH is 2. The van der Waals surface area contributed by atoms with Gasteiger partial charge < -0.3 is 45.3 Å². The van der Waals surface area contributed by atoms with Gasteiger partial charge in [-0.1, -0.05) is 18.2 Å². The summed E-state index contributed by atoms with van der Waals surface area (Å²) in [6, 6.07) is 9.31. The van der Waals surface area contributed by atoms with Crippen molar-refractivity contribution in [3.05, 3.63) is 47.5 Å². The number of rotatable bonds is 6. The van der Waals surface area contributed by atoms with Crippen molar-refractivity contribution in [1.29, 1.82) is 10.5 Å². The number of ketones is 1. The van der Waals surface area contributed by atoms with Crippen LogP contribution >= 0.6 is 0 Å². The number of nitrogens with one attached hydrogen (secondary N) is 2. The van der Waals surface area contributed by atoms with Gasteiger partial charge >= 0.3 is 0 Å². The standard InChI is InChI=1S/C17H19N5.C14H24N2O7.C2H4O2/c1-16(2,9-18)14-5-13(8-22-12-20-11-21-22)6-15(7-14)17(3,4)10-19;1-5-4-6(17)14(20)13(21-5)22-12-10(19)7(15-2)9(18)8(16-3)11(12)23-14;1-2(3)4/h5-7,11-12H,8H2,1-4H3;5,7-13,15-16,18-20H,4H2,1-3H3;1H3,(H,3,4)/t;5-,7-,8+,9+,10+,11-,12-,13+,14+;/m.1./s1. The summed E-state index contributed by atoms with van der Waals surface area (Å²) < 4.78 is 18.5. The van der Waals surface area contributed by atoms with Crippen LogP contribution < -0.4 is 10.6 Å². The Morgan fingerprint density at radius 1 is 1.02 bits per heavy atom. The van der Waals surface area contributed by atoms with Crippen LogP contribution in [0.4, 0.5) is 0 Å². The van der Waals surface area contributed by atoms with Crippen molar-refractivity contribution < 1.29 is 44.2 Å². The van der Waals surface area contributed by atoms with Gasteiger partial charge in [0.15, 0.2) is 5.78 Å². The average molecular weight is 686 g/mol. The maximum absolute atomic E-state index is 12.2. The number of aliphatic carboxylic acids is 1. The van der Waals surface area contributed by atoms with Gasteiger partial charge in [0.05, 0.1) is 53.8 Å². The summed E-state index contributed by atoms with van der Waals surface area (Å²) in [5, 5.41) is 67.6. The monoisotopic (exact) mass is 685 g/mol. The lowest BCUT2D eigenvalue weighted by Crippen LogP contribution is -2.77. The largest absolute Gasteiger partial charge is 0.481 e. The number of benzene rings is 1. The molecule has 3 fully saturated rings. The molecule has 49 heavy (non-hydrogen) atoms. The number of carbonyl (C=O) groups excluding carboxylic acids is 1. The van der Waals surface area contributed by atoms with Gasteiger partial charge in [-0.05, 0) is 65.4 Å². The van der Waals surface area contributed by atoms with Crippen LogP contribution in [0.15, 0.2) is 30.9 Å². The molecule has 0 radical (unpaired) electrons. The number of aromatic nitrogens is 3. The molecule has 0 spiro atoms. The minimum atomic E-state index is -2.23. The highest BCUT2D eigenvalue weighted by molar-refractivity contribution is 5.87. The minimum absolute atomic E-state index is 0.00220. The molecule has 0 bridgehead atoms. The Morgan fingerprint density at radius 3 is 2.04 bits per heavy atom. The fourth-order valence-corrected chi connectivity index (χ4v) is 5.82. The van der Waals surface area contributed by atoms with Gasteiger partial charge in [-0.3, -0.25) is 9.59 Å². The highest BCUT2D eigenvalue weighted by Crippen LogP contribution is 2.40. The Balaban J connectivity index is 0.000000240. The van der Waals surface area contributed by atoms with Crippen molar-refractivity contribution in [2.45, 2.75) is 120 Å². The molecule has 1 aromatic carbocycles. The van der Waals surface area contributed by atoms with E-state index >= 15 is 0 Å². The van der Waals surface area contributed by atoms with Gasteiger partial charge in [0.2, 0.25) is 6.29 Å². The van der Waals surface area contributed by atoms with Gasteiger partial charge in [-0.25, -0.2) is 9.67 Å². The first-order valence-corrected chi connectivity index (χ1v) is 15.8. The third-order valence-corrected chi connectivity index (χ3v) is 8.74. The summed E-state index contributed by atoms with van der Waals surface area (Å²) in [4.78, 5) is 25.2. The number of likely N-dealkylation sites (N-methyl/N-ethyl adjacent to an activating group) is 2. The highest BCUT2D eigenvalue weighted by Gasteiger charge is 2.63. The lowest BCUT2D eigenvalue weighted by atomic mass is 9.79. The molecule has 2 saturated heterocycles. The number of nitrogens with zero attached hydrogens (tertiary/aromatic N) is 5. The molecule has 16 nitrogen and oxygen atoms in total. The zero-order valence-corrected chi connectivity index (χ0v) is 29.0. The summed E-state index contributed by atoms with van der Waals surface area (Å²) in [5.74, 6) is -3.59. The summed E-state index contributed by atoms with van der Waals surface area (Å²) in [7, 11) is 3.24. The second-order valence-electron chi connectivity index (χ2n) is 13.4. The first-order chi connectivity index (χ1) is 22.8. The van der Waals surface area contributed by atoms with Crippen LogP contribution in [0.3, 0.4) is 0 Å². The van der Waals surface area contributed by atoms with E-state index < -0.39 is 77.3 Å². The predicted molar refractivity (Wildman–Crippen MR) is 173 cm³/mol. The van der Waals surface area contributed by atoms with Crippen LogP contribution in [0.1, 0.15) is 64.7 Å². The van der Waals surface area contributed by atoms with Crippen LogP contribution in [0.25, 0.3) is 0 Å². The highest BCUT2D eigenvalue weighted by atomic mass is 16.8. The predicted octanol–water partition coefficient (Wildman–Crippen LogP) is 0.0941. The van der Waals surface area contributed by atoms with Crippen LogP contribution in [0.2, 0.25) is 0 Å².